The van der Waals surface area contributed by atoms with Gasteiger partial charge in [-0.05, 0) is 110 Å². The fraction of sp³-hybridized carbons (Fsp3) is 0.0870. The van der Waals surface area contributed by atoms with Gasteiger partial charge in [0, 0.05) is 13.2 Å². The predicted octanol–water partition coefficient (Wildman–Crippen LogP) is 6.47. The number of carbonyl (C=O) groups is 3. The van der Waals surface area contributed by atoms with Gasteiger partial charge in [-0.1, -0.05) is 0 Å². The molecule has 0 amide bonds. The van der Waals surface area contributed by atoms with Crippen molar-refractivity contribution in [2.45, 2.75) is 0 Å². The van der Waals surface area contributed by atoms with E-state index >= 15 is 0 Å². The molecule has 15 heteroatoms. The molecule has 0 unspecified atom stereocenters. The Balaban J connectivity index is 0.000000289. The average molecular weight is 871 g/mol. The van der Waals surface area contributed by atoms with E-state index in [0.29, 0.717) is 3.57 Å². The number of rotatable bonds is 4. The van der Waals surface area contributed by atoms with E-state index in [4.69, 9.17) is 5.11 Å². The number of hydrogen-bond donors (Lipinski definition) is 1. The highest BCUT2D eigenvalue weighted by molar-refractivity contribution is 14.1. The summed E-state index contributed by atoms with van der Waals surface area (Å²) in [6.07, 6.45) is 0. The van der Waals surface area contributed by atoms with Gasteiger partial charge in [0.2, 0.25) is 0 Å². The number of esters is 2. The van der Waals surface area contributed by atoms with E-state index < -0.39 is 45.8 Å². The molecule has 0 radical (unpaired) electrons. The Morgan fingerprint density at radius 3 is 1.58 bits per heavy atom. The van der Waals surface area contributed by atoms with Crippen LogP contribution in [-0.2, 0) is 9.47 Å². The smallest absolute Gasteiger partial charge is 0.341 e. The predicted molar refractivity (Wildman–Crippen MR) is 154 cm³/mol. The van der Waals surface area contributed by atoms with E-state index in [9.17, 15) is 37.7 Å². The van der Waals surface area contributed by atoms with Gasteiger partial charge in [-0.2, -0.15) is 0 Å². The number of carboxylic acid groups (broad SMARTS) is 1. The van der Waals surface area contributed by atoms with E-state index in [1.54, 1.807) is 34.7 Å². The summed E-state index contributed by atoms with van der Waals surface area (Å²) in [5, 5.41) is 18.9. The molecule has 0 aromatic heterocycles. The molecular weight excluding hydrogens is 856 g/mol. The lowest BCUT2D eigenvalue weighted by atomic mass is 10.2. The van der Waals surface area contributed by atoms with E-state index in [2.05, 4.69) is 9.47 Å². The van der Waals surface area contributed by atoms with E-state index in [1.807, 2.05) is 45.2 Å². The van der Waals surface area contributed by atoms with Gasteiger partial charge >= 0.3 is 17.9 Å². The number of benzene rings is 3. The van der Waals surface area contributed by atoms with Crippen molar-refractivity contribution in [3.8, 4) is 0 Å². The second-order valence-corrected chi connectivity index (χ2v) is 10.2. The fourth-order valence-electron chi connectivity index (χ4n) is 2.37. The Morgan fingerprint density at radius 2 is 1.18 bits per heavy atom. The van der Waals surface area contributed by atoms with Crippen molar-refractivity contribution in [2.24, 2.45) is 0 Å². The molecule has 3 rings (SSSR count). The Labute approximate surface area is 254 Å². The van der Waals surface area contributed by atoms with Gasteiger partial charge in [0.15, 0.2) is 0 Å². The standard InChI is InChI=1S/C8H5FINO4.C8H6FIO2.C7H4FIO2/c1-15-8(12)4-2-7(11(13)14)6(10)3-5(4)9;1-12-8(11)6-3-2-5(10)4-7(6)9;8-6-3-4(9)1-2-5(6)7(10)11/h2-3H,1H3;2-4H,1H3;1-3H,(H,10,11). The van der Waals surface area contributed by atoms with Gasteiger partial charge in [0.05, 0.1) is 33.8 Å². The zero-order chi connectivity index (χ0) is 29.2. The topological polar surface area (TPSA) is 133 Å². The van der Waals surface area contributed by atoms with Crippen molar-refractivity contribution in [3.63, 3.8) is 0 Å². The van der Waals surface area contributed by atoms with Crippen LogP contribution in [0.5, 0.6) is 0 Å². The first-order valence-corrected chi connectivity index (χ1v) is 12.9. The number of hydrogen-bond acceptors (Lipinski definition) is 7. The number of nitro benzene ring substituents is 1. The van der Waals surface area contributed by atoms with Gasteiger partial charge < -0.3 is 14.6 Å². The lowest BCUT2D eigenvalue weighted by Gasteiger charge is -2.02. The molecule has 0 saturated carbocycles. The van der Waals surface area contributed by atoms with Crippen molar-refractivity contribution < 1.29 is 47.1 Å². The maximum atomic E-state index is 13.2. The summed E-state index contributed by atoms with van der Waals surface area (Å²) in [6, 6.07) is 10.1. The van der Waals surface area contributed by atoms with E-state index in [1.165, 1.54) is 31.4 Å². The number of nitro groups is 1. The highest BCUT2D eigenvalue weighted by atomic mass is 127. The molecule has 0 atom stereocenters. The van der Waals surface area contributed by atoms with Gasteiger partial charge in [-0.25, -0.2) is 27.6 Å². The molecule has 1 N–H and O–H groups in total. The van der Waals surface area contributed by atoms with Crippen molar-refractivity contribution in [3.05, 3.63) is 103 Å². The average Bonchev–Trinajstić information content (AvgIpc) is 2.83. The number of halogens is 6. The SMILES string of the molecule is COC(=O)c1cc([N+](=O)[O-])c(I)cc1F.COC(=O)c1ccc(I)cc1F.O=C(O)c1ccc(I)cc1F. The van der Waals surface area contributed by atoms with Crippen molar-refractivity contribution in [2.75, 3.05) is 14.2 Å². The van der Waals surface area contributed by atoms with Crippen LogP contribution in [0, 0.1) is 38.3 Å². The van der Waals surface area contributed by atoms with Crippen LogP contribution in [0.4, 0.5) is 18.9 Å². The highest BCUT2D eigenvalue weighted by Gasteiger charge is 2.21. The van der Waals surface area contributed by atoms with E-state index in [0.717, 1.165) is 22.8 Å². The Morgan fingerprint density at radius 1 is 0.763 bits per heavy atom. The molecule has 0 aliphatic carbocycles. The van der Waals surface area contributed by atoms with Crippen LogP contribution in [0.15, 0.2) is 48.5 Å². The third kappa shape index (κ3) is 9.97. The number of carboxylic acids is 1. The maximum Gasteiger partial charge on any atom is 0.341 e. The van der Waals surface area contributed by atoms with Gasteiger partial charge in [0.25, 0.3) is 5.69 Å². The molecule has 0 heterocycles. The van der Waals surface area contributed by atoms with Crippen LogP contribution >= 0.6 is 67.8 Å². The lowest BCUT2D eigenvalue weighted by molar-refractivity contribution is -0.385. The largest absolute Gasteiger partial charge is 0.478 e. The minimum Gasteiger partial charge on any atom is -0.478 e. The minimum atomic E-state index is -1.24. The molecule has 0 bridgehead atoms. The Bertz CT molecular complexity index is 1370. The quantitative estimate of drug-likeness (QED) is 0.137. The van der Waals surface area contributed by atoms with Crippen LogP contribution in [0.25, 0.3) is 0 Å². The molecule has 3 aromatic rings. The zero-order valence-corrected chi connectivity index (χ0v) is 25.6. The lowest BCUT2D eigenvalue weighted by Crippen LogP contribution is -2.06. The van der Waals surface area contributed by atoms with Gasteiger partial charge in [-0.3, -0.25) is 10.1 Å². The van der Waals surface area contributed by atoms with Gasteiger partial charge in [-0.15, -0.1) is 0 Å². The molecule has 0 aliphatic heterocycles. The van der Waals surface area contributed by atoms with Gasteiger partial charge in [0.1, 0.15) is 23.0 Å². The van der Waals surface area contributed by atoms with Crippen LogP contribution in [0.3, 0.4) is 0 Å². The molecule has 0 spiro atoms. The summed E-state index contributed by atoms with van der Waals surface area (Å²) in [7, 11) is 2.30. The van der Waals surface area contributed by atoms with Crippen LogP contribution in [0.2, 0.25) is 0 Å². The molecule has 3 aromatic carbocycles. The molecular formula is C23H15F3I3NO8. The molecule has 9 nitrogen and oxygen atoms in total. The summed E-state index contributed by atoms with van der Waals surface area (Å²) in [5.41, 5.74) is -1.08. The number of ether oxygens (including phenoxy) is 2. The number of aromatic carboxylic acids is 1. The van der Waals surface area contributed by atoms with Crippen molar-refractivity contribution in [1.29, 1.82) is 0 Å². The highest BCUT2D eigenvalue weighted by Crippen LogP contribution is 2.24. The first kappa shape index (κ1) is 33.5. The summed E-state index contributed by atoms with van der Waals surface area (Å²) >= 11 is 5.50. The van der Waals surface area contributed by atoms with Crippen molar-refractivity contribution >= 4 is 91.4 Å². The number of nitrogens with zero attached hydrogens (tertiary/aromatic N) is 1. The first-order chi connectivity index (χ1) is 17.7. The summed E-state index contributed by atoms with van der Waals surface area (Å²) in [4.78, 5) is 42.0. The van der Waals surface area contributed by atoms with Crippen LogP contribution in [-0.4, -0.2) is 42.2 Å². The molecule has 0 saturated heterocycles. The zero-order valence-electron chi connectivity index (χ0n) is 19.1. The molecule has 38 heavy (non-hydrogen) atoms. The van der Waals surface area contributed by atoms with E-state index in [-0.39, 0.29) is 20.4 Å². The Hall–Kier alpha value is -2.55. The van der Waals surface area contributed by atoms with Crippen LogP contribution in [0.1, 0.15) is 31.1 Å². The van der Waals surface area contributed by atoms with Crippen molar-refractivity contribution in [1.82, 2.24) is 0 Å². The molecule has 0 aliphatic rings. The number of carbonyl (C=O) groups excluding carboxylic acids is 2. The number of methoxy groups -OCH3 is 2. The second kappa shape index (κ2) is 15.8. The maximum absolute atomic E-state index is 13.2. The summed E-state index contributed by atoms with van der Waals surface area (Å²) in [6.45, 7) is 0. The minimum absolute atomic E-state index is 0.0297. The second-order valence-electron chi connectivity index (χ2n) is 6.58. The first-order valence-electron chi connectivity index (χ1n) is 9.66. The summed E-state index contributed by atoms with van der Waals surface area (Å²) in [5.74, 6) is -4.90. The molecule has 202 valence electrons. The van der Waals surface area contributed by atoms with Crippen LogP contribution < -0.4 is 0 Å². The third-order valence-electron chi connectivity index (χ3n) is 4.14. The fourth-order valence-corrected chi connectivity index (χ4v) is 3.90. The molecule has 0 fully saturated rings. The third-order valence-corrected chi connectivity index (χ3v) is 6.34. The Kier molecular flexibility index (Phi) is 13.9. The summed E-state index contributed by atoms with van der Waals surface area (Å²) < 4.78 is 49.1. The normalized spacial score (nSPS) is 9.68. The monoisotopic (exact) mass is 871 g/mol.